The van der Waals surface area contributed by atoms with Gasteiger partial charge in [0.05, 0.1) is 0 Å². The van der Waals surface area contributed by atoms with Crippen molar-refractivity contribution in [3.05, 3.63) is 0 Å². The number of carbonyl (C=O) groups is 1. The highest BCUT2D eigenvalue weighted by Gasteiger charge is 2.09. The highest BCUT2D eigenvalue weighted by molar-refractivity contribution is 5.66. The molecule has 1 aliphatic rings. The van der Waals surface area contributed by atoms with Gasteiger partial charge in [-0.15, -0.1) is 0 Å². The van der Waals surface area contributed by atoms with Gasteiger partial charge in [-0.1, -0.05) is 77.6 Å². The lowest BCUT2D eigenvalue weighted by Crippen LogP contribution is -2.26. The van der Waals surface area contributed by atoms with E-state index in [1.165, 1.54) is 77.0 Å². The van der Waals surface area contributed by atoms with Crippen molar-refractivity contribution in [1.82, 2.24) is 5.32 Å². The summed E-state index contributed by atoms with van der Waals surface area (Å²) in [7, 11) is 2.07. The molecule has 0 aliphatic heterocycles. The average molecular weight is 314 g/mol. The SMILES string of the molecule is CCCCCCCCCCCC(=O)O.CNC1CCCCC1. The Balaban J connectivity index is 0.000000461. The van der Waals surface area contributed by atoms with Crippen molar-refractivity contribution in [2.75, 3.05) is 7.05 Å². The number of hydrogen-bond acceptors (Lipinski definition) is 2. The summed E-state index contributed by atoms with van der Waals surface area (Å²) in [5.74, 6) is -0.659. The molecule has 1 rings (SSSR count). The van der Waals surface area contributed by atoms with Gasteiger partial charge >= 0.3 is 5.97 Å². The molecule has 2 N–H and O–H groups in total. The highest BCUT2D eigenvalue weighted by atomic mass is 16.4. The van der Waals surface area contributed by atoms with E-state index in [1.54, 1.807) is 0 Å². The van der Waals surface area contributed by atoms with E-state index >= 15 is 0 Å². The van der Waals surface area contributed by atoms with Gasteiger partial charge in [-0.05, 0) is 26.3 Å². The first-order chi connectivity index (χ1) is 10.7. The number of carboxylic acids is 1. The van der Waals surface area contributed by atoms with Crippen LogP contribution in [0.15, 0.2) is 0 Å². The Morgan fingerprint density at radius 3 is 1.82 bits per heavy atom. The second-order valence-electron chi connectivity index (χ2n) is 6.60. The molecule has 0 radical (unpaired) electrons. The zero-order valence-electron chi connectivity index (χ0n) is 15.0. The van der Waals surface area contributed by atoms with E-state index in [1.807, 2.05) is 0 Å². The van der Waals surface area contributed by atoms with E-state index in [0.717, 1.165) is 18.9 Å². The number of rotatable bonds is 11. The van der Waals surface area contributed by atoms with E-state index in [4.69, 9.17) is 5.11 Å². The zero-order valence-corrected chi connectivity index (χ0v) is 15.0. The number of hydrogen-bond donors (Lipinski definition) is 2. The van der Waals surface area contributed by atoms with Gasteiger partial charge in [-0.2, -0.15) is 0 Å². The molecule has 1 saturated carbocycles. The fraction of sp³-hybridized carbons (Fsp3) is 0.947. The Labute approximate surface area is 138 Å². The number of unbranched alkanes of at least 4 members (excludes halogenated alkanes) is 8. The molecule has 132 valence electrons. The van der Waals surface area contributed by atoms with Crippen LogP contribution in [0, 0.1) is 0 Å². The standard InChI is InChI=1S/C12H24O2.C7H15N/c1-2-3-4-5-6-7-8-9-10-11-12(13)14;1-8-7-5-3-2-4-6-7/h2-11H2,1H3,(H,13,14);7-8H,2-6H2,1H3. The summed E-state index contributed by atoms with van der Waals surface area (Å²) in [6.07, 6.45) is 18.6. The van der Waals surface area contributed by atoms with Crippen LogP contribution >= 0.6 is 0 Å². The van der Waals surface area contributed by atoms with Crippen LogP contribution in [0.1, 0.15) is 103 Å². The smallest absolute Gasteiger partial charge is 0.303 e. The Hall–Kier alpha value is -0.570. The monoisotopic (exact) mass is 313 g/mol. The lowest BCUT2D eigenvalue weighted by molar-refractivity contribution is -0.137. The van der Waals surface area contributed by atoms with E-state index < -0.39 is 5.97 Å². The molecular weight excluding hydrogens is 274 g/mol. The lowest BCUT2D eigenvalue weighted by Gasteiger charge is -2.20. The van der Waals surface area contributed by atoms with Gasteiger partial charge in [0.15, 0.2) is 0 Å². The fourth-order valence-corrected chi connectivity index (χ4v) is 2.98. The van der Waals surface area contributed by atoms with Crippen LogP contribution in [-0.2, 0) is 4.79 Å². The molecule has 0 spiro atoms. The highest BCUT2D eigenvalue weighted by Crippen LogP contribution is 2.16. The molecule has 3 heteroatoms. The molecule has 0 bridgehead atoms. The fourth-order valence-electron chi connectivity index (χ4n) is 2.98. The summed E-state index contributed by atoms with van der Waals surface area (Å²) in [6.45, 7) is 2.23. The summed E-state index contributed by atoms with van der Waals surface area (Å²) >= 11 is 0. The molecule has 1 fully saturated rings. The number of aliphatic carboxylic acids is 1. The third-order valence-electron chi connectivity index (χ3n) is 4.51. The van der Waals surface area contributed by atoms with Gasteiger partial charge < -0.3 is 10.4 Å². The second-order valence-corrected chi connectivity index (χ2v) is 6.60. The molecule has 0 unspecified atom stereocenters. The van der Waals surface area contributed by atoms with Crippen LogP contribution in [0.2, 0.25) is 0 Å². The van der Waals surface area contributed by atoms with E-state index in [9.17, 15) is 4.79 Å². The minimum atomic E-state index is -0.659. The molecule has 0 amide bonds. The molecule has 1 aliphatic carbocycles. The summed E-state index contributed by atoms with van der Waals surface area (Å²) < 4.78 is 0. The maximum Gasteiger partial charge on any atom is 0.303 e. The number of nitrogens with one attached hydrogen (secondary N) is 1. The maximum atomic E-state index is 10.2. The quantitative estimate of drug-likeness (QED) is 0.493. The summed E-state index contributed by atoms with van der Waals surface area (Å²) in [5, 5.41) is 11.7. The largest absolute Gasteiger partial charge is 0.481 e. The second kappa shape index (κ2) is 16.8. The minimum Gasteiger partial charge on any atom is -0.481 e. The summed E-state index contributed by atoms with van der Waals surface area (Å²) in [6, 6.07) is 0.837. The van der Waals surface area contributed by atoms with Crippen molar-refractivity contribution in [3.8, 4) is 0 Å². The molecular formula is C19H39NO2. The van der Waals surface area contributed by atoms with Crippen LogP contribution in [0.4, 0.5) is 0 Å². The van der Waals surface area contributed by atoms with E-state index in [-0.39, 0.29) is 0 Å². The van der Waals surface area contributed by atoms with Crippen LogP contribution in [-0.4, -0.2) is 24.2 Å². The minimum absolute atomic E-state index is 0.343. The van der Waals surface area contributed by atoms with Crippen molar-refractivity contribution in [3.63, 3.8) is 0 Å². The molecule has 0 aromatic heterocycles. The predicted molar refractivity (Wildman–Crippen MR) is 95.4 cm³/mol. The van der Waals surface area contributed by atoms with Gasteiger partial charge in [0.2, 0.25) is 0 Å². The van der Waals surface area contributed by atoms with Crippen LogP contribution in [0.25, 0.3) is 0 Å². The van der Waals surface area contributed by atoms with Crippen molar-refractivity contribution >= 4 is 5.97 Å². The molecule has 3 nitrogen and oxygen atoms in total. The first kappa shape index (κ1) is 21.4. The van der Waals surface area contributed by atoms with Crippen LogP contribution < -0.4 is 5.32 Å². The van der Waals surface area contributed by atoms with Gasteiger partial charge in [-0.3, -0.25) is 4.79 Å². The van der Waals surface area contributed by atoms with Crippen LogP contribution in [0.5, 0.6) is 0 Å². The molecule has 0 heterocycles. The van der Waals surface area contributed by atoms with Crippen molar-refractivity contribution < 1.29 is 9.90 Å². The van der Waals surface area contributed by atoms with Gasteiger partial charge in [0, 0.05) is 12.5 Å². The Morgan fingerprint density at radius 2 is 1.41 bits per heavy atom. The normalized spacial score (nSPS) is 15.2. The molecule has 0 aromatic rings. The Kier molecular flexibility index (Phi) is 16.4. The third kappa shape index (κ3) is 15.8. The van der Waals surface area contributed by atoms with Gasteiger partial charge in [0.25, 0.3) is 0 Å². The Morgan fingerprint density at radius 1 is 0.909 bits per heavy atom. The van der Waals surface area contributed by atoms with Crippen molar-refractivity contribution in [1.29, 1.82) is 0 Å². The summed E-state index contributed by atoms with van der Waals surface area (Å²) in [5.41, 5.74) is 0. The predicted octanol–water partition coefficient (Wildman–Crippen LogP) is 5.53. The van der Waals surface area contributed by atoms with Crippen LogP contribution in [0.3, 0.4) is 0 Å². The Bertz CT molecular complexity index is 238. The van der Waals surface area contributed by atoms with E-state index in [2.05, 4.69) is 19.3 Å². The summed E-state index contributed by atoms with van der Waals surface area (Å²) in [4.78, 5) is 10.2. The van der Waals surface area contributed by atoms with Gasteiger partial charge in [0.1, 0.15) is 0 Å². The van der Waals surface area contributed by atoms with E-state index in [0.29, 0.717) is 6.42 Å². The average Bonchev–Trinajstić information content (AvgIpc) is 2.54. The molecule has 0 saturated heterocycles. The zero-order chi connectivity index (χ0) is 16.5. The van der Waals surface area contributed by atoms with Crippen molar-refractivity contribution in [2.24, 2.45) is 0 Å². The third-order valence-corrected chi connectivity index (χ3v) is 4.51. The first-order valence-corrected chi connectivity index (χ1v) is 9.59. The molecule has 22 heavy (non-hydrogen) atoms. The lowest BCUT2D eigenvalue weighted by atomic mass is 9.96. The topological polar surface area (TPSA) is 49.3 Å². The molecule has 0 atom stereocenters. The maximum absolute atomic E-state index is 10.2. The number of carboxylic acid groups (broad SMARTS) is 1. The first-order valence-electron chi connectivity index (χ1n) is 9.59. The molecule has 0 aromatic carbocycles. The van der Waals surface area contributed by atoms with Gasteiger partial charge in [-0.25, -0.2) is 0 Å². The van der Waals surface area contributed by atoms with Crippen molar-refractivity contribution in [2.45, 2.75) is 109 Å².